The number of rotatable bonds is 4. The van der Waals surface area contributed by atoms with E-state index in [0.717, 1.165) is 12.8 Å². The summed E-state index contributed by atoms with van der Waals surface area (Å²) in [5.41, 5.74) is 6.17. The number of hydrogen-bond donors (Lipinski definition) is 1. The highest BCUT2D eigenvalue weighted by molar-refractivity contribution is 6.30. The third kappa shape index (κ3) is 4.77. The molecule has 0 heterocycles. The molecule has 0 amide bonds. The Bertz CT molecular complexity index is 380. The number of allylic oxidation sites excluding steroid dienone is 1. The second-order valence-corrected chi connectivity index (χ2v) is 5.03. The van der Waals surface area contributed by atoms with Crippen molar-refractivity contribution in [2.24, 2.45) is 5.73 Å². The number of halogens is 2. The Balaban J connectivity index is 2.59. The topological polar surface area (TPSA) is 26.0 Å². The zero-order chi connectivity index (χ0) is 12.2. The molecule has 0 fully saturated rings. The summed E-state index contributed by atoms with van der Waals surface area (Å²) in [4.78, 5) is 0. The monoisotopic (exact) mass is 241 g/mol. The lowest BCUT2D eigenvalue weighted by Gasteiger charge is -2.16. The third-order valence-electron chi connectivity index (χ3n) is 2.21. The van der Waals surface area contributed by atoms with Crippen LogP contribution in [0.3, 0.4) is 0 Å². The highest BCUT2D eigenvalue weighted by atomic mass is 35.5. The van der Waals surface area contributed by atoms with Gasteiger partial charge in [0.25, 0.3) is 0 Å². The van der Waals surface area contributed by atoms with Crippen molar-refractivity contribution in [2.45, 2.75) is 32.2 Å². The summed E-state index contributed by atoms with van der Waals surface area (Å²) in [7, 11) is 0. The van der Waals surface area contributed by atoms with Gasteiger partial charge in [0.2, 0.25) is 0 Å². The Labute approximate surface area is 101 Å². The molecule has 0 atom stereocenters. The smallest absolute Gasteiger partial charge is 0.130 e. The first-order chi connectivity index (χ1) is 7.38. The first kappa shape index (κ1) is 13.2. The Morgan fingerprint density at radius 2 is 2.12 bits per heavy atom. The highest BCUT2D eigenvalue weighted by Gasteiger charge is 2.08. The van der Waals surface area contributed by atoms with Gasteiger partial charge in [-0.1, -0.05) is 23.8 Å². The van der Waals surface area contributed by atoms with Crippen LogP contribution in [-0.4, -0.2) is 5.54 Å². The predicted molar refractivity (Wildman–Crippen MR) is 67.9 cm³/mol. The summed E-state index contributed by atoms with van der Waals surface area (Å²) >= 11 is 5.78. The van der Waals surface area contributed by atoms with Gasteiger partial charge in [-0.3, -0.25) is 0 Å². The van der Waals surface area contributed by atoms with Crippen LogP contribution in [0.2, 0.25) is 5.02 Å². The number of benzene rings is 1. The molecule has 2 N–H and O–H groups in total. The lowest BCUT2D eigenvalue weighted by atomic mass is 10.00. The Kier molecular flexibility index (Phi) is 4.51. The van der Waals surface area contributed by atoms with E-state index in [4.69, 9.17) is 17.3 Å². The van der Waals surface area contributed by atoms with E-state index in [1.54, 1.807) is 12.1 Å². The molecule has 1 rings (SSSR count). The summed E-state index contributed by atoms with van der Waals surface area (Å²) in [6, 6.07) is 4.52. The highest BCUT2D eigenvalue weighted by Crippen LogP contribution is 2.17. The third-order valence-corrected chi connectivity index (χ3v) is 2.45. The molecule has 0 bridgehead atoms. The molecule has 16 heavy (non-hydrogen) atoms. The normalized spacial score (nSPS) is 12.3. The van der Waals surface area contributed by atoms with E-state index in [9.17, 15) is 4.39 Å². The predicted octanol–water partition coefficient (Wildman–Crippen LogP) is 4.01. The molecule has 0 aliphatic heterocycles. The van der Waals surface area contributed by atoms with E-state index >= 15 is 0 Å². The largest absolute Gasteiger partial charge is 0.326 e. The van der Waals surface area contributed by atoms with Crippen LogP contribution in [0.25, 0.3) is 6.08 Å². The zero-order valence-corrected chi connectivity index (χ0v) is 10.4. The molecule has 3 heteroatoms. The van der Waals surface area contributed by atoms with Crippen molar-refractivity contribution in [1.29, 1.82) is 0 Å². The van der Waals surface area contributed by atoms with Gasteiger partial charge in [0.15, 0.2) is 0 Å². The van der Waals surface area contributed by atoms with E-state index in [1.165, 1.54) is 12.1 Å². The first-order valence-corrected chi connectivity index (χ1v) is 5.67. The minimum Gasteiger partial charge on any atom is -0.326 e. The van der Waals surface area contributed by atoms with Gasteiger partial charge in [0, 0.05) is 16.1 Å². The van der Waals surface area contributed by atoms with Gasteiger partial charge in [-0.25, -0.2) is 4.39 Å². The molecule has 0 aliphatic rings. The molecule has 0 spiro atoms. The van der Waals surface area contributed by atoms with Crippen LogP contribution < -0.4 is 5.73 Å². The number of nitrogens with two attached hydrogens (primary N) is 1. The van der Waals surface area contributed by atoms with E-state index in [2.05, 4.69) is 0 Å². The quantitative estimate of drug-likeness (QED) is 0.847. The van der Waals surface area contributed by atoms with E-state index in [1.807, 2.05) is 19.9 Å². The fourth-order valence-corrected chi connectivity index (χ4v) is 1.49. The van der Waals surface area contributed by atoms with Gasteiger partial charge in [-0.2, -0.15) is 0 Å². The maximum Gasteiger partial charge on any atom is 0.130 e. The van der Waals surface area contributed by atoms with Crippen molar-refractivity contribution in [3.8, 4) is 0 Å². The summed E-state index contributed by atoms with van der Waals surface area (Å²) in [5.74, 6) is -0.257. The molecule has 0 aliphatic carbocycles. The maximum atomic E-state index is 13.3. The Morgan fingerprint density at radius 3 is 2.75 bits per heavy atom. The summed E-state index contributed by atoms with van der Waals surface area (Å²) < 4.78 is 13.3. The molecule has 0 aromatic heterocycles. The van der Waals surface area contributed by atoms with Crippen LogP contribution in [0.15, 0.2) is 24.3 Å². The van der Waals surface area contributed by atoms with Crippen molar-refractivity contribution >= 4 is 17.7 Å². The first-order valence-electron chi connectivity index (χ1n) is 5.29. The maximum absolute atomic E-state index is 13.3. The fourth-order valence-electron chi connectivity index (χ4n) is 1.31. The van der Waals surface area contributed by atoms with Crippen LogP contribution in [-0.2, 0) is 0 Å². The Hall–Kier alpha value is -0.860. The SMILES string of the molecule is CC(C)(N)CC/C=C/c1cc(Cl)ccc1F. The van der Waals surface area contributed by atoms with Crippen molar-refractivity contribution in [2.75, 3.05) is 0 Å². The van der Waals surface area contributed by atoms with Gasteiger partial charge < -0.3 is 5.73 Å². The molecule has 0 saturated heterocycles. The molecular weight excluding hydrogens is 225 g/mol. The average Bonchev–Trinajstić information content (AvgIpc) is 2.16. The average molecular weight is 242 g/mol. The van der Waals surface area contributed by atoms with Crippen LogP contribution in [0.4, 0.5) is 4.39 Å². The molecule has 1 aromatic rings. The van der Waals surface area contributed by atoms with Crippen molar-refractivity contribution in [3.63, 3.8) is 0 Å². The van der Waals surface area contributed by atoms with Crippen LogP contribution in [0.5, 0.6) is 0 Å². The van der Waals surface area contributed by atoms with Crippen LogP contribution in [0, 0.1) is 5.82 Å². The molecule has 1 nitrogen and oxygen atoms in total. The molecule has 0 radical (unpaired) electrons. The summed E-state index contributed by atoms with van der Waals surface area (Å²) in [6.07, 6.45) is 5.36. The van der Waals surface area contributed by atoms with E-state index < -0.39 is 0 Å². The molecule has 0 unspecified atom stereocenters. The lowest BCUT2D eigenvalue weighted by molar-refractivity contribution is 0.482. The van der Waals surface area contributed by atoms with Gasteiger partial charge in [-0.15, -0.1) is 0 Å². The van der Waals surface area contributed by atoms with Crippen LogP contribution in [0.1, 0.15) is 32.3 Å². The molecular formula is C13H17ClFN. The molecule has 1 aromatic carbocycles. The second-order valence-electron chi connectivity index (χ2n) is 4.60. The number of hydrogen-bond acceptors (Lipinski definition) is 1. The lowest BCUT2D eigenvalue weighted by Crippen LogP contribution is -2.31. The van der Waals surface area contributed by atoms with Crippen molar-refractivity contribution in [3.05, 3.63) is 40.7 Å². The van der Waals surface area contributed by atoms with Crippen molar-refractivity contribution < 1.29 is 4.39 Å². The minimum absolute atomic E-state index is 0.183. The van der Waals surface area contributed by atoms with Crippen LogP contribution >= 0.6 is 11.6 Å². The standard InChI is InChI=1S/C13H17ClFN/c1-13(2,16)8-4-3-5-10-9-11(14)6-7-12(10)15/h3,5-7,9H,4,8,16H2,1-2H3/b5-3+. The molecule has 0 saturated carbocycles. The van der Waals surface area contributed by atoms with E-state index in [0.29, 0.717) is 10.6 Å². The summed E-state index contributed by atoms with van der Waals surface area (Å²) in [5, 5.41) is 0.542. The summed E-state index contributed by atoms with van der Waals surface area (Å²) in [6.45, 7) is 3.95. The fraction of sp³-hybridized carbons (Fsp3) is 0.385. The van der Waals surface area contributed by atoms with Gasteiger partial charge in [-0.05, 0) is 44.9 Å². The Morgan fingerprint density at radius 1 is 1.44 bits per heavy atom. The van der Waals surface area contributed by atoms with Gasteiger partial charge in [0.05, 0.1) is 0 Å². The molecule has 88 valence electrons. The zero-order valence-electron chi connectivity index (χ0n) is 9.63. The van der Waals surface area contributed by atoms with Gasteiger partial charge >= 0.3 is 0 Å². The van der Waals surface area contributed by atoms with E-state index in [-0.39, 0.29) is 11.4 Å². The van der Waals surface area contributed by atoms with Crippen molar-refractivity contribution in [1.82, 2.24) is 0 Å². The minimum atomic E-state index is -0.257. The second kappa shape index (κ2) is 5.46. The van der Waals surface area contributed by atoms with Gasteiger partial charge in [0.1, 0.15) is 5.82 Å².